The van der Waals surface area contributed by atoms with Gasteiger partial charge in [-0.15, -0.1) is 13.2 Å². The van der Waals surface area contributed by atoms with E-state index in [1.165, 1.54) is 4.90 Å². The van der Waals surface area contributed by atoms with E-state index < -0.39 is 12.3 Å². The molecule has 1 unspecified atom stereocenters. The van der Waals surface area contributed by atoms with E-state index in [1.807, 2.05) is 0 Å². The molecule has 2 rings (SSSR count). The van der Waals surface area contributed by atoms with Crippen LogP contribution in [0.4, 0.5) is 18.0 Å². The highest BCUT2D eigenvalue weighted by Crippen LogP contribution is 2.27. The molecule has 1 N–H and O–H groups in total. The van der Waals surface area contributed by atoms with E-state index >= 15 is 0 Å². The van der Waals surface area contributed by atoms with Gasteiger partial charge in [0.15, 0.2) is 0 Å². The van der Waals surface area contributed by atoms with Gasteiger partial charge in [0.05, 0.1) is 0 Å². The molecule has 0 aliphatic carbocycles. The van der Waals surface area contributed by atoms with Crippen molar-refractivity contribution in [3.63, 3.8) is 0 Å². The number of hydrogen-bond donors (Lipinski definition) is 1. The van der Waals surface area contributed by atoms with Gasteiger partial charge in [-0.05, 0) is 19.4 Å². The molecule has 0 radical (unpaired) electrons. The highest BCUT2D eigenvalue weighted by Gasteiger charge is 2.47. The van der Waals surface area contributed by atoms with Crippen molar-refractivity contribution in [3.8, 4) is 0 Å². The lowest BCUT2D eigenvalue weighted by molar-refractivity contribution is -0.218. The largest absolute Gasteiger partial charge is 0.488 e. The molecule has 2 aliphatic heterocycles. The minimum absolute atomic E-state index is 0.0123. The van der Waals surface area contributed by atoms with Crippen LogP contribution >= 0.6 is 0 Å². The van der Waals surface area contributed by atoms with Crippen LogP contribution in [-0.2, 0) is 0 Å². The van der Waals surface area contributed by atoms with Gasteiger partial charge >= 0.3 is 12.3 Å². The lowest BCUT2D eigenvalue weighted by Crippen LogP contribution is -2.49. The van der Waals surface area contributed by atoms with Crippen LogP contribution in [0.15, 0.2) is 0 Å². The Hall–Kier alpha value is -0.980. The first-order chi connectivity index (χ1) is 7.50. The van der Waals surface area contributed by atoms with E-state index in [2.05, 4.69) is 5.32 Å². The molecule has 92 valence electrons. The third kappa shape index (κ3) is 2.09. The number of alkyl halides is 3. The summed E-state index contributed by atoms with van der Waals surface area (Å²) in [6, 6.07) is -0.991. The van der Waals surface area contributed by atoms with Crippen molar-refractivity contribution in [1.29, 1.82) is 0 Å². The number of nitrogens with zero attached hydrogens (tertiary/aromatic N) is 2. The monoisotopic (exact) mass is 237 g/mol. The number of rotatable bonds is 1. The molecule has 1 atom stereocenters. The second-order valence-corrected chi connectivity index (χ2v) is 4.10. The van der Waals surface area contributed by atoms with E-state index in [4.69, 9.17) is 0 Å². The number of carbonyl (C=O) groups is 1. The van der Waals surface area contributed by atoms with Crippen molar-refractivity contribution >= 4 is 6.03 Å². The molecule has 2 aliphatic rings. The Kier molecular flexibility index (Phi) is 2.96. The fourth-order valence-electron chi connectivity index (χ4n) is 2.23. The fourth-order valence-corrected chi connectivity index (χ4v) is 2.23. The number of piperidine rings is 1. The maximum Gasteiger partial charge on any atom is 0.488 e. The average molecular weight is 237 g/mol. The molecule has 0 aromatic heterocycles. The summed E-state index contributed by atoms with van der Waals surface area (Å²) in [4.78, 5) is 12.9. The van der Waals surface area contributed by atoms with Crippen molar-refractivity contribution in [2.45, 2.75) is 25.2 Å². The van der Waals surface area contributed by atoms with Crippen LogP contribution in [0.3, 0.4) is 0 Å². The molecule has 2 fully saturated rings. The molecule has 0 spiro atoms. The standard InChI is InChI=1S/C9H14F3N3O/c10-9(11,12)15-5-4-14(8(15)16)7-2-1-3-13-6-7/h7,13H,1-6H2. The van der Waals surface area contributed by atoms with E-state index in [0.29, 0.717) is 6.54 Å². The first kappa shape index (κ1) is 11.5. The SMILES string of the molecule is O=C1N(C2CCCNC2)CCN1C(F)(F)F. The number of nitrogens with one attached hydrogen (secondary N) is 1. The third-order valence-corrected chi connectivity index (χ3v) is 3.06. The molecule has 0 aromatic carbocycles. The summed E-state index contributed by atoms with van der Waals surface area (Å²) in [5.74, 6) is 0. The van der Waals surface area contributed by atoms with Gasteiger partial charge in [-0.1, -0.05) is 0 Å². The zero-order chi connectivity index (χ0) is 11.8. The third-order valence-electron chi connectivity index (χ3n) is 3.06. The van der Waals surface area contributed by atoms with Crippen molar-refractivity contribution < 1.29 is 18.0 Å². The van der Waals surface area contributed by atoms with E-state index in [-0.39, 0.29) is 24.0 Å². The Balaban J connectivity index is 2.01. The zero-order valence-corrected chi connectivity index (χ0v) is 8.76. The number of amides is 2. The highest BCUT2D eigenvalue weighted by atomic mass is 19.4. The maximum atomic E-state index is 12.4. The second-order valence-electron chi connectivity index (χ2n) is 4.10. The molecular formula is C9H14F3N3O. The van der Waals surface area contributed by atoms with Crippen molar-refractivity contribution in [1.82, 2.24) is 15.1 Å². The normalized spacial score (nSPS) is 27.7. The van der Waals surface area contributed by atoms with E-state index in [0.717, 1.165) is 19.4 Å². The minimum atomic E-state index is -4.55. The summed E-state index contributed by atoms with van der Waals surface area (Å²) in [5.41, 5.74) is 0. The maximum absolute atomic E-state index is 12.4. The van der Waals surface area contributed by atoms with Crippen LogP contribution in [-0.4, -0.2) is 54.4 Å². The van der Waals surface area contributed by atoms with Crippen molar-refractivity contribution in [3.05, 3.63) is 0 Å². The Morgan fingerprint density at radius 2 is 2.06 bits per heavy atom. The first-order valence-electron chi connectivity index (χ1n) is 5.36. The zero-order valence-electron chi connectivity index (χ0n) is 8.76. The van der Waals surface area contributed by atoms with Gasteiger partial charge < -0.3 is 10.2 Å². The molecule has 7 heteroatoms. The van der Waals surface area contributed by atoms with Crippen LogP contribution in [0.25, 0.3) is 0 Å². The Bertz CT molecular complexity index is 276. The van der Waals surface area contributed by atoms with Crippen LogP contribution in [0, 0.1) is 0 Å². The van der Waals surface area contributed by atoms with Gasteiger partial charge in [0.2, 0.25) is 0 Å². The molecule has 2 heterocycles. The summed E-state index contributed by atoms with van der Waals surface area (Å²) in [5, 5.41) is 3.09. The quantitative estimate of drug-likeness (QED) is 0.690. The summed E-state index contributed by atoms with van der Waals surface area (Å²) >= 11 is 0. The van der Waals surface area contributed by atoms with E-state index in [9.17, 15) is 18.0 Å². The van der Waals surface area contributed by atoms with Gasteiger partial charge in [-0.2, -0.15) is 0 Å². The van der Waals surface area contributed by atoms with Crippen LogP contribution in [0.2, 0.25) is 0 Å². The molecule has 16 heavy (non-hydrogen) atoms. The number of urea groups is 1. The Morgan fingerprint density at radius 1 is 1.31 bits per heavy atom. The van der Waals surface area contributed by atoms with Gasteiger partial charge in [0, 0.05) is 25.7 Å². The van der Waals surface area contributed by atoms with Crippen molar-refractivity contribution in [2.75, 3.05) is 26.2 Å². The summed E-state index contributed by atoms with van der Waals surface area (Å²) < 4.78 is 37.2. The summed E-state index contributed by atoms with van der Waals surface area (Å²) in [7, 11) is 0. The molecule has 0 aromatic rings. The van der Waals surface area contributed by atoms with Crippen LogP contribution in [0.5, 0.6) is 0 Å². The first-order valence-corrected chi connectivity index (χ1v) is 5.36. The summed E-state index contributed by atoms with van der Waals surface area (Å²) in [6.07, 6.45) is -2.86. The molecule has 2 amide bonds. The average Bonchev–Trinajstić information content (AvgIpc) is 2.61. The van der Waals surface area contributed by atoms with Crippen LogP contribution < -0.4 is 5.32 Å². The molecule has 0 bridgehead atoms. The molecule has 0 saturated carbocycles. The van der Waals surface area contributed by atoms with Gasteiger partial charge in [-0.3, -0.25) is 0 Å². The number of carbonyl (C=O) groups excluding carboxylic acids is 1. The predicted octanol–water partition coefficient (Wildman–Crippen LogP) is 0.996. The smallest absolute Gasteiger partial charge is 0.318 e. The Morgan fingerprint density at radius 3 is 2.56 bits per heavy atom. The lowest BCUT2D eigenvalue weighted by atomic mass is 10.1. The van der Waals surface area contributed by atoms with Gasteiger partial charge in [0.1, 0.15) is 0 Å². The highest BCUT2D eigenvalue weighted by molar-refractivity contribution is 5.77. The fraction of sp³-hybridized carbons (Fsp3) is 0.889. The van der Waals surface area contributed by atoms with Gasteiger partial charge in [0.25, 0.3) is 0 Å². The van der Waals surface area contributed by atoms with E-state index in [1.54, 1.807) is 0 Å². The minimum Gasteiger partial charge on any atom is -0.318 e. The predicted molar refractivity (Wildman–Crippen MR) is 50.8 cm³/mol. The summed E-state index contributed by atoms with van der Waals surface area (Å²) in [6.45, 7) is 1.39. The second kappa shape index (κ2) is 4.12. The molecular weight excluding hydrogens is 223 g/mol. The van der Waals surface area contributed by atoms with Crippen LogP contribution in [0.1, 0.15) is 12.8 Å². The molecule has 2 saturated heterocycles. The van der Waals surface area contributed by atoms with Crippen molar-refractivity contribution in [2.24, 2.45) is 0 Å². The van der Waals surface area contributed by atoms with Gasteiger partial charge in [-0.25, -0.2) is 9.69 Å². The molecule has 4 nitrogen and oxygen atoms in total. The Labute approximate surface area is 91.4 Å². The topological polar surface area (TPSA) is 35.6 Å². The number of hydrogen-bond acceptors (Lipinski definition) is 2. The lowest BCUT2D eigenvalue weighted by Gasteiger charge is -2.31. The number of halogens is 3.